The molecule has 2 aliphatic rings. The van der Waals surface area contributed by atoms with Gasteiger partial charge in [0.15, 0.2) is 0 Å². The number of aryl methyl sites for hydroxylation is 1. The molecule has 0 spiro atoms. The van der Waals surface area contributed by atoms with Crippen LogP contribution in [0.4, 0.5) is 36.3 Å². The molecule has 1 saturated heterocycles. The van der Waals surface area contributed by atoms with Crippen LogP contribution in [0.3, 0.4) is 0 Å². The van der Waals surface area contributed by atoms with E-state index >= 15 is 0 Å². The molecule has 27 heavy (non-hydrogen) atoms. The predicted octanol–water partition coefficient (Wildman–Crippen LogP) is 2.85. The number of halogens is 3. The molecular weight excluding hydrogens is 357 g/mol. The van der Waals surface area contributed by atoms with Crippen molar-refractivity contribution in [2.75, 3.05) is 29.0 Å². The van der Waals surface area contributed by atoms with Crippen molar-refractivity contribution >= 4 is 23.1 Å². The number of fused-ring (bicyclic) bond motifs is 1. The number of nitrogens with two attached hydrogens (primary N) is 2. The molecule has 4 rings (SSSR count). The fourth-order valence-electron chi connectivity index (χ4n) is 3.73. The second-order valence-electron chi connectivity index (χ2n) is 7.11. The van der Waals surface area contributed by atoms with Crippen molar-refractivity contribution in [2.45, 2.75) is 37.9 Å². The number of anilines is 4. The summed E-state index contributed by atoms with van der Waals surface area (Å²) >= 11 is 0. The molecule has 1 aromatic carbocycles. The van der Waals surface area contributed by atoms with Gasteiger partial charge in [0, 0.05) is 36.1 Å². The summed E-state index contributed by atoms with van der Waals surface area (Å²) in [5.41, 5.74) is 13.2. The van der Waals surface area contributed by atoms with Crippen molar-refractivity contribution < 1.29 is 13.2 Å². The lowest BCUT2D eigenvalue weighted by Crippen LogP contribution is -2.28. The van der Waals surface area contributed by atoms with E-state index in [9.17, 15) is 13.2 Å². The molecule has 1 atom stereocenters. The summed E-state index contributed by atoms with van der Waals surface area (Å²) in [5, 5.41) is 2.90. The average Bonchev–Trinajstić information content (AvgIpc) is 3.21. The first-order chi connectivity index (χ1) is 12.8. The van der Waals surface area contributed by atoms with Crippen LogP contribution in [0.15, 0.2) is 18.2 Å². The first-order valence-corrected chi connectivity index (χ1v) is 8.95. The number of nitrogens with zero attached hydrogens (tertiary/aromatic N) is 3. The second-order valence-corrected chi connectivity index (χ2v) is 7.11. The Balaban J connectivity index is 1.68. The highest BCUT2D eigenvalue weighted by molar-refractivity contribution is 5.64. The first kappa shape index (κ1) is 17.8. The molecule has 144 valence electrons. The SMILES string of the molecule is Nc1cc(Nc2nc3c(c(N4CCC(N)C4)n2)CCC3)cc(C(F)(F)F)c1. The van der Waals surface area contributed by atoms with Crippen molar-refractivity contribution in [1.29, 1.82) is 0 Å². The Kier molecular flexibility index (Phi) is 4.33. The first-order valence-electron chi connectivity index (χ1n) is 8.95. The molecule has 0 bridgehead atoms. The van der Waals surface area contributed by atoms with Gasteiger partial charge in [-0.1, -0.05) is 0 Å². The number of benzene rings is 1. The van der Waals surface area contributed by atoms with E-state index in [1.165, 1.54) is 6.07 Å². The third-order valence-corrected chi connectivity index (χ3v) is 4.97. The zero-order valence-corrected chi connectivity index (χ0v) is 14.7. The fourth-order valence-corrected chi connectivity index (χ4v) is 3.73. The number of alkyl halides is 3. The number of rotatable bonds is 3. The van der Waals surface area contributed by atoms with Crippen molar-refractivity contribution in [2.24, 2.45) is 5.73 Å². The van der Waals surface area contributed by atoms with Gasteiger partial charge in [0.05, 0.1) is 11.3 Å². The minimum atomic E-state index is -4.47. The van der Waals surface area contributed by atoms with Crippen LogP contribution in [0.5, 0.6) is 0 Å². The fraction of sp³-hybridized carbons (Fsp3) is 0.444. The molecule has 0 radical (unpaired) electrons. The lowest BCUT2D eigenvalue weighted by Gasteiger charge is -2.21. The van der Waals surface area contributed by atoms with Gasteiger partial charge in [-0.25, -0.2) is 4.98 Å². The Morgan fingerprint density at radius 1 is 1.15 bits per heavy atom. The molecular formula is C18H21F3N6. The Hall–Kier alpha value is -2.55. The van der Waals surface area contributed by atoms with Gasteiger partial charge in [0.25, 0.3) is 0 Å². The van der Waals surface area contributed by atoms with E-state index in [0.29, 0.717) is 0 Å². The van der Waals surface area contributed by atoms with Crippen LogP contribution in [-0.4, -0.2) is 29.1 Å². The number of nitrogen functional groups attached to an aromatic ring is 1. The van der Waals surface area contributed by atoms with Gasteiger partial charge in [-0.2, -0.15) is 18.2 Å². The monoisotopic (exact) mass is 378 g/mol. The minimum absolute atomic E-state index is 0.0271. The van der Waals surface area contributed by atoms with Crippen LogP contribution in [0, 0.1) is 0 Å². The summed E-state index contributed by atoms with van der Waals surface area (Å²) in [6.45, 7) is 1.54. The van der Waals surface area contributed by atoms with E-state index in [1.54, 1.807) is 0 Å². The second kappa shape index (κ2) is 6.56. The number of hydrogen-bond donors (Lipinski definition) is 3. The standard InChI is InChI=1S/C18H21F3N6/c19-18(20,21)10-6-12(23)8-13(7-10)24-17-25-15-3-1-2-14(15)16(26-17)27-5-4-11(22)9-27/h6-8,11H,1-5,9,22-23H2,(H,24,25,26). The maximum absolute atomic E-state index is 13.0. The van der Waals surface area contributed by atoms with Gasteiger partial charge in [-0.05, 0) is 43.9 Å². The molecule has 1 fully saturated rings. The molecule has 1 aromatic heterocycles. The highest BCUT2D eigenvalue weighted by Gasteiger charge is 2.31. The Morgan fingerprint density at radius 3 is 2.67 bits per heavy atom. The van der Waals surface area contributed by atoms with Crippen LogP contribution < -0.4 is 21.7 Å². The van der Waals surface area contributed by atoms with Gasteiger partial charge in [0.1, 0.15) is 5.82 Å². The topological polar surface area (TPSA) is 93.1 Å². The highest BCUT2D eigenvalue weighted by Crippen LogP contribution is 2.35. The van der Waals surface area contributed by atoms with E-state index in [-0.39, 0.29) is 23.4 Å². The summed E-state index contributed by atoms with van der Waals surface area (Å²) in [4.78, 5) is 11.3. The van der Waals surface area contributed by atoms with Crippen molar-refractivity contribution in [3.05, 3.63) is 35.0 Å². The molecule has 5 N–H and O–H groups in total. The van der Waals surface area contributed by atoms with Gasteiger partial charge < -0.3 is 21.7 Å². The van der Waals surface area contributed by atoms with Gasteiger partial charge in [0.2, 0.25) is 5.95 Å². The minimum Gasteiger partial charge on any atom is -0.399 e. The summed E-state index contributed by atoms with van der Waals surface area (Å²) in [5.74, 6) is 1.12. The van der Waals surface area contributed by atoms with E-state index in [0.717, 1.165) is 68.0 Å². The normalized spacial score (nSPS) is 19.4. The predicted molar refractivity (Wildman–Crippen MR) is 98.0 cm³/mol. The van der Waals surface area contributed by atoms with Crippen LogP contribution >= 0.6 is 0 Å². The van der Waals surface area contributed by atoms with Crippen molar-refractivity contribution in [3.8, 4) is 0 Å². The molecule has 0 saturated carbocycles. The number of nitrogens with one attached hydrogen (secondary N) is 1. The third kappa shape index (κ3) is 3.64. The van der Waals surface area contributed by atoms with E-state index in [1.807, 2.05) is 0 Å². The summed E-state index contributed by atoms with van der Waals surface area (Å²) < 4.78 is 39.1. The Morgan fingerprint density at radius 2 is 1.96 bits per heavy atom. The zero-order valence-electron chi connectivity index (χ0n) is 14.7. The lowest BCUT2D eigenvalue weighted by molar-refractivity contribution is -0.137. The third-order valence-electron chi connectivity index (χ3n) is 4.97. The molecule has 6 nitrogen and oxygen atoms in total. The Bertz CT molecular complexity index is 867. The van der Waals surface area contributed by atoms with Crippen LogP contribution in [-0.2, 0) is 19.0 Å². The van der Waals surface area contributed by atoms with Gasteiger partial charge in [-0.3, -0.25) is 0 Å². The van der Waals surface area contributed by atoms with E-state index in [2.05, 4.69) is 20.2 Å². The van der Waals surface area contributed by atoms with Gasteiger partial charge in [-0.15, -0.1) is 0 Å². The maximum atomic E-state index is 13.0. The van der Waals surface area contributed by atoms with Crippen LogP contribution in [0.25, 0.3) is 0 Å². The molecule has 2 heterocycles. The number of hydrogen-bond acceptors (Lipinski definition) is 6. The van der Waals surface area contributed by atoms with Crippen LogP contribution in [0.2, 0.25) is 0 Å². The molecule has 1 unspecified atom stereocenters. The van der Waals surface area contributed by atoms with Crippen molar-refractivity contribution in [3.63, 3.8) is 0 Å². The average molecular weight is 378 g/mol. The maximum Gasteiger partial charge on any atom is 0.416 e. The molecule has 1 aliphatic heterocycles. The van der Waals surface area contributed by atoms with E-state index < -0.39 is 11.7 Å². The molecule has 2 aromatic rings. The zero-order chi connectivity index (χ0) is 19.2. The summed E-state index contributed by atoms with van der Waals surface area (Å²) in [7, 11) is 0. The largest absolute Gasteiger partial charge is 0.416 e. The number of aromatic nitrogens is 2. The molecule has 9 heteroatoms. The quantitative estimate of drug-likeness (QED) is 0.711. The molecule has 1 aliphatic carbocycles. The smallest absolute Gasteiger partial charge is 0.399 e. The Labute approximate surface area is 154 Å². The van der Waals surface area contributed by atoms with E-state index in [4.69, 9.17) is 11.5 Å². The molecule has 0 amide bonds. The lowest BCUT2D eigenvalue weighted by atomic mass is 10.1. The van der Waals surface area contributed by atoms with Crippen LogP contribution in [0.1, 0.15) is 29.7 Å². The summed E-state index contributed by atoms with van der Waals surface area (Å²) in [6, 6.07) is 3.47. The highest BCUT2D eigenvalue weighted by atomic mass is 19.4. The van der Waals surface area contributed by atoms with Gasteiger partial charge >= 0.3 is 6.18 Å². The van der Waals surface area contributed by atoms with Crippen molar-refractivity contribution in [1.82, 2.24) is 9.97 Å². The summed E-state index contributed by atoms with van der Waals surface area (Å²) in [6.07, 6.45) is -0.832.